The molecule has 0 spiro atoms. The van der Waals surface area contributed by atoms with E-state index in [9.17, 15) is 27.5 Å². The second kappa shape index (κ2) is 15.2. The van der Waals surface area contributed by atoms with Gasteiger partial charge < -0.3 is 10.0 Å². The second-order valence-corrected chi connectivity index (χ2v) is 15.0. The molecule has 256 valence electrons. The van der Waals surface area contributed by atoms with Crippen LogP contribution in [-0.4, -0.2) is 64.6 Å². The Balaban J connectivity index is 1.24. The predicted molar refractivity (Wildman–Crippen MR) is 178 cm³/mol. The van der Waals surface area contributed by atoms with E-state index in [-0.39, 0.29) is 23.7 Å². The fourth-order valence-electron chi connectivity index (χ4n) is 7.68. The molecule has 5 nitrogen and oxygen atoms in total. The molecule has 2 aromatic carbocycles. The van der Waals surface area contributed by atoms with Crippen molar-refractivity contribution in [2.75, 3.05) is 26.7 Å². The molecule has 1 saturated heterocycles. The molecule has 1 N–H and O–H groups in total. The van der Waals surface area contributed by atoms with Gasteiger partial charge in [-0.15, -0.1) is 11.3 Å². The van der Waals surface area contributed by atoms with Crippen molar-refractivity contribution >= 4 is 17.3 Å². The number of aromatic nitrogens is 1. The molecule has 4 atom stereocenters. The van der Waals surface area contributed by atoms with E-state index in [1.165, 1.54) is 10.9 Å². The van der Waals surface area contributed by atoms with E-state index in [2.05, 4.69) is 30.6 Å². The molecule has 1 aliphatic heterocycles. The quantitative estimate of drug-likeness (QED) is 0.195. The summed E-state index contributed by atoms with van der Waals surface area (Å²) in [6.45, 7) is 8.98. The highest BCUT2D eigenvalue weighted by molar-refractivity contribution is 7.11. The van der Waals surface area contributed by atoms with Crippen LogP contribution in [0.15, 0.2) is 48.5 Å². The molecule has 1 saturated carbocycles. The van der Waals surface area contributed by atoms with Crippen molar-refractivity contribution in [2.24, 2.45) is 11.8 Å². The van der Waals surface area contributed by atoms with Crippen LogP contribution in [0.1, 0.15) is 97.0 Å². The van der Waals surface area contributed by atoms with Crippen LogP contribution in [0.25, 0.3) is 0 Å². The van der Waals surface area contributed by atoms with E-state index in [1.807, 2.05) is 13.1 Å². The zero-order valence-corrected chi connectivity index (χ0v) is 28.6. The van der Waals surface area contributed by atoms with E-state index in [4.69, 9.17) is 4.98 Å². The monoisotopic (exact) mass is 673 g/mol. The summed E-state index contributed by atoms with van der Waals surface area (Å²) in [6, 6.07) is 11.8. The number of halogens is 4. The van der Waals surface area contributed by atoms with Crippen molar-refractivity contribution in [2.45, 2.75) is 95.8 Å². The summed E-state index contributed by atoms with van der Waals surface area (Å²) >= 11 is 1.70. The zero-order chi connectivity index (χ0) is 33.9. The first-order valence-corrected chi connectivity index (χ1v) is 17.7. The zero-order valence-electron chi connectivity index (χ0n) is 27.8. The second-order valence-electron chi connectivity index (χ2n) is 13.9. The van der Waals surface area contributed by atoms with Crippen LogP contribution >= 0.6 is 11.3 Å². The molecule has 5 rings (SSSR count). The molecule has 3 unspecified atom stereocenters. The number of carboxylic acid groups (broad SMARTS) is 1. The van der Waals surface area contributed by atoms with Crippen LogP contribution in [0.2, 0.25) is 0 Å². The Bertz CT molecular complexity index is 1480. The molecule has 47 heavy (non-hydrogen) atoms. The predicted octanol–water partition coefficient (Wildman–Crippen LogP) is 8.63. The number of alkyl halides is 3. The smallest absolute Gasteiger partial charge is 0.416 e. The van der Waals surface area contributed by atoms with Gasteiger partial charge in [0.2, 0.25) is 0 Å². The van der Waals surface area contributed by atoms with Gasteiger partial charge in [-0.3, -0.25) is 9.69 Å². The van der Waals surface area contributed by atoms with Crippen LogP contribution in [0.4, 0.5) is 17.6 Å². The minimum Gasteiger partial charge on any atom is -0.480 e. The summed E-state index contributed by atoms with van der Waals surface area (Å²) in [4.78, 5) is 23.0. The number of piperidine rings is 1. The molecule has 10 heteroatoms. The number of thiazole rings is 1. The highest BCUT2D eigenvalue weighted by Crippen LogP contribution is 2.44. The number of carboxylic acids is 1. The summed E-state index contributed by atoms with van der Waals surface area (Å²) in [7, 11) is 1.94. The maximum absolute atomic E-state index is 14.3. The highest BCUT2D eigenvalue weighted by atomic mass is 32.1. The van der Waals surface area contributed by atoms with Gasteiger partial charge in [-0.2, -0.15) is 13.2 Å². The van der Waals surface area contributed by atoms with Gasteiger partial charge >= 0.3 is 12.1 Å². The summed E-state index contributed by atoms with van der Waals surface area (Å²) in [5.74, 6) is 0.0873. The van der Waals surface area contributed by atoms with E-state index in [0.29, 0.717) is 24.7 Å². The molecule has 1 aromatic heterocycles. The maximum Gasteiger partial charge on any atom is 0.416 e. The first-order valence-electron chi connectivity index (χ1n) is 16.9. The van der Waals surface area contributed by atoms with Crippen molar-refractivity contribution < 1.29 is 27.5 Å². The Labute approximate surface area is 280 Å². The highest BCUT2D eigenvalue weighted by Gasteiger charge is 2.41. The number of hydrogen-bond donors (Lipinski definition) is 1. The lowest BCUT2D eigenvalue weighted by Crippen LogP contribution is -2.45. The van der Waals surface area contributed by atoms with Gasteiger partial charge in [0.25, 0.3) is 0 Å². The number of likely N-dealkylation sites (tertiary alicyclic amines) is 1. The van der Waals surface area contributed by atoms with E-state index < -0.39 is 23.8 Å². The average molecular weight is 674 g/mol. The molecule has 2 heterocycles. The summed E-state index contributed by atoms with van der Waals surface area (Å²) in [6.07, 6.45) is 1.29. The third-order valence-corrected chi connectivity index (χ3v) is 11.4. The van der Waals surface area contributed by atoms with Crippen molar-refractivity contribution in [3.8, 4) is 0 Å². The van der Waals surface area contributed by atoms with Crippen LogP contribution in [-0.2, 0) is 23.8 Å². The van der Waals surface area contributed by atoms with E-state index in [1.54, 1.807) is 35.6 Å². The molecule has 2 aliphatic rings. The number of benzene rings is 2. The topological polar surface area (TPSA) is 56.7 Å². The molecule has 0 bridgehead atoms. The number of carbonyl (C=O) groups is 1. The summed E-state index contributed by atoms with van der Waals surface area (Å²) in [5, 5.41) is 11.0. The van der Waals surface area contributed by atoms with Crippen LogP contribution < -0.4 is 0 Å². The van der Waals surface area contributed by atoms with Gasteiger partial charge in [-0.05, 0) is 118 Å². The largest absolute Gasteiger partial charge is 0.480 e. The molecular formula is C37H47F4N3O2S. The summed E-state index contributed by atoms with van der Waals surface area (Å²) in [5.41, 5.74) is 2.27. The Morgan fingerprint density at radius 3 is 2.40 bits per heavy atom. The Morgan fingerprint density at radius 2 is 1.81 bits per heavy atom. The molecule has 0 radical (unpaired) electrons. The van der Waals surface area contributed by atoms with Gasteiger partial charge in [0.05, 0.1) is 16.3 Å². The lowest BCUT2D eigenvalue weighted by molar-refractivity contribution is -0.144. The lowest BCUT2D eigenvalue weighted by Gasteiger charge is -2.35. The van der Waals surface area contributed by atoms with Gasteiger partial charge in [0.15, 0.2) is 0 Å². The Morgan fingerprint density at radius 1 is 1.11 bits per heavy atom. The standard InChI is InChI=1S/C37H47F4N3O2S/c1-5-32-35(47-34(42-32)18-24-9-11-28(12-10-24)37(39,40)41)25-13-15-44(16-14-25)22-27-20-30(43(4)33(36(45)46)17-23(2)3)21-31(27)26-7-6-8-29(38)19-26/h6-12,19,23,25,27,30-31,33H,5,13-18,20-22H2,1-4H3,(H,45,46)/t27?,30?,31?,33-/m1/s1. The fraction of sp³-hybridized carbons (Fsp3) is 0.568. The normalized spacial score (nSPS) is 22.0. The van der Waals surface area contributed by atoms with Gasteiger partial charge in [0.1, 0.15) is 11.9 Å². The molecule has 2 fully saturated rings. The molecule has 3 aromatic rings. The number of likely N-dealkylation sites (N-methyl/N-ethyl adjacent to an activating group) is 1. The number of aryl methyl sites for hydroxylation is 1. The maximum atomic E-state index is 14.3. The fourth-order valence-corrected chi connectivity index (χ4v) is 9.03. The Kier molecular flexibility index (Phi) is 11.4. The van der Waals surface area contributed by atoms with E-state index >= 15 is 0 Å². The van der Waals surface area contributed by atoms with E-state index in [0.717, 1.165) is 85.7 Å². The number of rotatable bonds is 12. The molecular weight excluding hydrogens is 626 g/mol. The van der Waals surface area contributed by atoms with Crippen LogP contribution in [0, 0.1) is 17.7 Å². The minimum atomic E-state index is -4.34. The minimum absolute atomic E-state index is 0.109. The summed E-state index contributed by atoms with van der Waals surface area (Å²) < 4.78 is 53.3. The number of hydrogen-bond acceptors (Lipinski definition) is 5. The van der Waals surface area contributed by atoms with Gasteiger partial charge in [0, 0.05) is 23.9 Å². The van der Waals surface area contributed by atoms with Gasteiger partial charge in [-0.1, -0.05) is 45.0 Å². The van der Waals surface area contributed by atoms with Crippen LogP contribution in [0.5, 0.6) is 0 Å². The molecule has 1 aliphatic carbocycles. The number of aliphatic carboxylic acids is 1. The van der Waals surface area contributed by atoms with Crippen molar-refractivity contribution in [1.82, 2.24) is 14.8 Å². The number of nitrogens with zero attached hydrogens (tertiary/aromatic N) is 3. The van der Waals surface area contributed by atoms with Crippen LogP contribution in [0.3, 0.4) is 0 Å². The van der Waals surface area contributed by atoms with Crippen molar-refractivity contribution in [3.05, 3.63) is 86.6 Å². The SMILES string of the molecule is CCc1nc(Cc2ccc(C(F)(F)F)cc2)sc1C1CCN(CC2CC(N(C)[C@H](CC(C)C)C(=O)O)CC2c2cccc(F)c2)CC1. The molecule has 0 amide bonds. The third kappa shape index (κ3) is 8.81. The average Bonchev–Trinajstić information content (AvgIpc) is 3.64. The first-order chi connectivity index (χ1) is 22.3. The van der Waals surface area contributed by atoms with Gasteiger partial charge in [-0.25, -0.2) is 9.37 Å². The third-order valence-electron chi connectivity index (χ3n) is 10.2. The lowest BCUT2D eigenvalue weighted by atomic mass is 9.87. The van der Waals surface area contributed by atoms with Crippen molar-refractivity contribution in [3.63, 3.8) is 0 Å². The first kappa shape index (κ1) is 35.5. The van der Waals surface area contributed by atoms with Crippen molar-refractivity contribution in [1.29, 1.82) is 0 Å². The Hall–Kier alpha value is -2.82.